The van der Waals surface area contributed by atoms with Gasteiger partial charge in [0.2, 0.25) is 0 Å². The van der Waals surface area contributed by atoms with Gasteiger partial charge in [-0.05, 0) is 42.3 Å². The number of aryl methyl sites for hydroxylation is 1. The Kier molecular flexibility index (Phi) is 3.38. The van der Waals surface area contributed by atoms with Crippen LogP contribution in [0, 0.1) is 18.6 Å². The van der Waals surface area contributed by atoms with E-state index in [0.29, 0.717) is 12.4 Å². The Hall–Kier alpha value is -1.90. The van der Waals surface area contributed by atoms with E-state index < -0.39 is 0 Å². The second-order valence-electron chi connectivity index (χ2n) is 3.82. The predicted molar refractivity (Wildman–Crippen MR) is 61.9 cm³/mol. The molecule has 0 amide bonds. The van der Waals surface area contributed by atoms with Crippen molar-refractivity contribution >= 4 is 0 Å². The molecule has 0 bridgehead atoms. The van der Waals surface area contributed by atoms with Gasteiger partial charge >= 0.3 is 0 Å². The van der Waals surface area contributed by atoms with Gasteiger partial charge in [-0.25, -0.2) is 8.78 Å². The molecule has 2 aromatic carbocycles. The number of hydrogen-bond acceptors (Lipinski definition) is 1. The summed E-state index contributed by atoms with van der Waals surface area (Å²) < 4.78 is 31.2. The van der Waals surface area contributed by atoms with Gasteiger partial charge in [-0.3, -0.25) is 0 Å². The summed E-state index contributed by atoms with van der Waals surface area (Å²) in [5, 5.41) is 0. The van der Waals surface area contributed by atoms with E-state index in [2.05, 4.69) is 0 Å². The first kappa shape index (κ1) is 11.6. The summed E-state index contributed by atoms with van der Waals surface area (Å²) in [5.41, 5.74) is 1.71. The molecule has 0 aliphatic heterocycles. The van der Waals surface area contributed by atoms with Gasteiger partial charge in [0.1, 0.15) is 24.0 Å². The molecule has 0 atom stereocenters. The van der Waals surface area contributed by atoms with Crippen molar-refractivity contribution in [1.82, 2.24) is 0 Å². The third-order valence-electron chi connectivity index (χ3n) is 2.50. The molecule has 0 spiro atoms. The quantitative estimate of drug-likeness (QED) is 0.783. The molecule has 17 heavy (non-hydrogen) atoms. The molecule has 0 radical (unpaired) electrons. The fraction of sp³-hybridized carbons (Fsp3) is 0.143. The Morgan fingerprint density at radius 2 is 1.76 bits per heavy atom. The molecule has 0 heterocycles. The molecule has 0 aliphatic carbocycles. The largest absolute Gasteiger partial charge is 0.489 e. The third-order valence-corrected chi connectivity index (χ3v) is 2.50. The van der Waals surface area contributed by atoms with Crippen LogP contribution >= 0.6 is 0 Å². The first-order chi connectivity index (χ1) is 8.15. The van der Waals surface area contributed by atoms with Crippen LogP contribution in [0.5, 0.6) is 5.75 Å². The van der Waals surface area contributed by atoms with E-state index in [4.69, 9.17) is 4.74 Å². The summed E-state index contributed by atoms with van der Waals surface area (Å²) in [7, 11) is 0. The van der Waals surface area contributed by atoms with Gasteiger partial charge < -0.3 is 4.74 Å². The number of rotatable bonds is 3. The lowest BCUT2D eigenvalue weighted by molar-refractivity contribution is 0.303. The smallest absolute Gasteiger partial charge is 0.126 e. The summed E-state index contributed by atoms with van der Waals surface area (Å²) in [5.74, 6) is -0.135. The SMILES string of the molecule is Cc1cc(F)ccc1COc1cccc(F)c1. The molecule has 0 saturated carbocycles. The van der Waals surface area contributed by atoms with E-state index in [0.717, 1.165) is 11.1 Å². The normalized spacial score (nSPS) is 10.3. The Balaban J connectivity index is 2.07. The number of hydrogen-bond donors (Lipinski definition) is 0. The van der Waals surface area contributed by atoms with Crippen LogP contribution in [-0.2, 0) is 6.61 Å². The molecule has 0 saturated heterocycles. The molecule has 0 N–H and O–H groups in total. The van der Waals surface area contributed by atoms with Gasteiger partial charge in [0.25, 0.3) is 0 Å². The maximum Gasteiger partial charge on any atom is 0.126 e. The molecule has 0 fully saturated rings. The summed E-state index contributed by atoms with van der Waals surface area (Å²) in [6.45, 7) is 2.11. The standard InChI is InChI=1S/C14H12F2O/c1-10-7-13(16)6-5-11(10)9-17-14-4-2-3-12(15)8-14/h2-8H,9H2,1H3. The zero-order chi connectivity index (χ0) is 12.3. The number of benzene rings is 2. The summed E-state index contributed by atoms with van der Waals surface area (Å²) in [6.07, 6.45) is 0. The van der Waals surface area contributed by atoms with E-state index >= 15 is 0 Å². The first-order valence-electron chi connectivity index (χ1n) is 5.28. The number of halogens is 2. The molecule has 2 aromatic rings. The van der Waals surface area contributed by atoms with E-state index in [1.165, 1.54) is 24.3 Å². The molecule has 0 aliphatic rings. The maximum absolute atomic E-state index is 12.9. The average molecular weight is 234 g/mol. The monoisotopic (exact) mass is 234 g/mol. The van der Waals surface area contributed by atoms with E-state index in [9.17, 15) is 8.78 Å². The second-order valence-corrected chi connectivity index (χ2v) is 3.82. The highest BCUT2D eigenvalue weighted by atomic mass is 19.1. The third kappa shape index (κ3) is 3.03. The summed E-state index contributed by atoms with van der Waals surface area (Å²) in [6, 6.07) is 10.4. The van der Waals surface area contributed by atoms with Crippen LogP contribution in [0.4, 0.5) is 8.78 Å². The highest BCUT2D eigenvalue weighted by Gasteiger charge is 2.02. The average Bonchev–Trinajstić information content (AvgIpc) is 2.28. The van der Waals surface area contributed by atoms with Crippen molar-refractivity contribution in [2.75, 3.05) is 0 Å². The lowest BCUT2D eigenvalue weighted by atomic mass is 10.1. The fourth-order valence-corrected chi connectivity index (χ4v) is 1.54. The van der Waals surface area contributed by atoms with Crippen LogP contribution in [-0.4, -0.2) is 0 Å². The molecular formula is C14H12F2O. The van der Waals surface area contributed by atoms with E-state index in [-0.39, 0.29) is 11.6 Å². The summed E-state index contributed by atoms with van der Waals surface area (Å²) in [4.78, 5) is 0. The minimum Gasteiger partial charge on any atom is -0.489 e. The fourth-order valence-electron chi connectivity index (χ4n) is 1.54. The summed E-state index contributed by atoms with van der Waals surface area (Å²) >= 11 is 0. The van der Waals surface area contributed by atoms with Crippen LogP contribution in [0.2, 0.25) is 0 Å². The molecule has 2 rings (SSSR count). The zero-order valence-electron chi connectivity index (χ0n) is 9.41. The van der Waals surface area contributed by atoms with Crippen molar-refractivity contribution in [3.8, 4) is 5.75 Å². The van der Waals surface area contributed by atoms with Crippen LogP contribution in [0.1, 0.15) is 11.1 Å². The van der Waals surface area contributed by atoms with Crippen molar-refractivity contribution in [2.45, 2.75) is 13.5 Å². The Morgan fingerprint density at radius 1 is 1.00 bits per heavy atom. The van der Waals surface area contributed by atoms with E-state index in [1.807, 2.05) is 6.92 Å². The van der Waals surface area contributed by atoms with Crippen LogP contribution < -0.4 is 4.74 Å². The Labute approximate surface area is 98.7 Å². The lowest BCUT2D eigenvalue weighted by Crippen LogP contribution is -1.98. The Morgan fingerprint density at radius 3 is 2.47 bits per heavy atom. The lowest BCUT2D eigenvalue weighted by Gasteiger charge is -2.08. The zero-order valence-corrected chi connectivity index (χ0v) is 9.41. The van der Waals surface area contributed by atoms with Gasteiger partial charge in [0, 0.05) is 6.07 Å². The minimum absolute atomic E-state index is 0.267. The molecular weight excluding hydrogens is 222 g/mol. The van der Waals surface area contributed by atoms with Crippen molar-refractivity contribution in [3.63, 3.8) is 0 Å². The molecule has 1 nitrogen and oxygen atoms in total. The maximum atomic E-state index is 12.9. The van der Waals surface area contributed by atoms with Crippen molar-refractivity contribution in [1.29, 1.82) is 0 Å². The highest BCUT2D eigenvalue weighted by Crippen LogP contribution is 2.16. The van der Waals surface area contributed by atoms with Crippen LogP contribution in [0.3, 0.4) is 0 Å². The second kappa shape index (κ2) is 4.95. The van der Waals surface area contributed by atoms with Crippen molar-refractivity contribution in [2.24, 2.45) is 0 Å². The molecule has 0 unspecified atom stereocenters. The minimum atomic E-state index is -0.335. The number of ether oxygens (including phenoxy) is 1. The predicted octanol–water partition coefficient (Wildman–Crippen LogP) is 3.85. The molecule has 88 valence electrons. The van der Waals surface area contributed by atoms with Gasteiger partial charge in [0.15, 0.2) is 0 Å². The van der Waals surface area contributed by atoms with Crippen LogP contribution in [0.15, 0.2) is 42.5 Å². The van der Waals surface area contributed by atoms with Gasteiger partial charge in [0.05, 0.1) is 0 Å². The molecule has 3 heteroatoms. The van der Waals surface area contributed by atoms with Gasteiger partial charge in [-0.15, -0.1) is 0 Å². The van der Waals surface area contributed by atoms with Gasteiger partial charge in [-0.2, -0.15) is 0 Å². The molecule has 0 aromatic heterocycles. The highest BCUT2D eigenvalue weighted by molar-refractivity contribution is 5.27. The van der Waals surface area contributed by atoms with Crippen LogP contribution in [0.25, 0.3) is 0 Å². The van der Waals surface area contributed by atoms with E-state index in [1.54, 1.807) is 18.2 Å². The Bertz CT molecular complexity index is 523. The first-order valence-corrected chi connectivity index (χ1v) is 5.28. The van der Waals surface area contributed by atoms with Gasteiger partial charge in [-0.1, -0.05) is 12.1 Å². The van der Waals surface area contributed by atoms with Crippen molar-refractivity contribution < 1.29 is 13.5 Å². The van der Waals surface area contributed by atoms with Crippen molar-refractivity contribution in [3.05, 3.63) is 65.2 Å². The topological polar surface area (TPSA) is 9.23 Å².